The molecular weight excluding hydrogens is 344 g/mol. The average Bonchev–Trinajstić information content (AvgIpc) is 3.22. The third kappa shape index (κ3) is 4.30. The molecule has 1 saturated heterocycles. The Morgan fingerprint density at radius 3 is 2.48 bits per heavy atom. The Morgan fingerprint density at radius 1 is 1.11 bits per heavy atom. The van der Waals surface area contributed by atoms with Crippen LogP contribution >= 0.6 is 0 Å². The molecule has 0 saturated carbocycles. The summed E-state index contributed by atoms with van der Waals surface area (Å²) >= 11 is 0. The number of anilines is 2. The minimum atomic E-state index is -0.300. The Labute approximate surface area is 159 Å². The van der Waals surface area contributed by atoms with E-state index in [4.69, 9.17) is 9.47 Å². The van der Waals surface area contributed by atoms with Crippen LogP contribution in [-0.2, 0) is 0 Å². The summed E-state index contributed by atoms with van der Waals surface area (Å²) in [6.07, 6.45) is 2.25. The number of nitrogens with one attached hydrogen (secondary N) is 1. The van der Waals surface area contributed by atoms with Crippen LogP contribution in [0.15, 0.2) is 24.3 Å². The third-order valence-electron chi connectivity index (χ3n) is 4.60. The highest BCUT2D eigenvalue weighted by Crippen LogP contribution is 2.29. The Kier molecular flexibility index (Phi) is 5.78. The average molecular weight is 370 g/mol. The number of nitrogens with zero attached hydrogens (tertiary/aromatic N) is 3. The van der Waals surface area contributed by atoms with Gasteiger partial charge in [-0.1, -0.05) is 13.8 Å². The van der Waals surface area contributed by atoms with Gasteiger partial charge >= 0.3 is 0 Å². The topological polar surface area (TPSA) is 76.6 Å². The van der Waals surface area contributed by atoms with Crippen molar-refractivity contribution in [2.45, 2.75) is 32.6 Å². The van der Waals surface area contributed by atoms with Gasteiger partial charge in [-0.2, -0.15) is 0 Å². The van der Waals surface area contributed by atoms with E-state index < -0.39 is 0 Å². The minimum Gasteiger partial charge on any atom is -0.497 e. The molecule has 144 valence electrons. The molecule has 0 radical (unpaired) electrons. The van der Waals surface area contributed by atoms with Crippen LogP contribution in [0.25, 0.3) is 0 Å². The first-order valence-electron chi connectivity index (χ1n) is 9.19. The smallest absolute Gasteiger partial charge is 0.274 e. The van der Waals surface area contributed by atoms with Crippen molar-refractivity contribution in [3.8, 4) is 11.5 Å². The Hall–Kier alpha value is -2.83. The van der Waals surface area contributed by atoms with E-state index >= 15 is 0 Å². The maximum atomic E-state index is 12.9. The second kappa shape index (κ2) is 8.24. The first-order chi connectivity index (χ1) is 13.0. The number of rotatable bonds is 6. The molecule has 0 spiro atoms. The van der Waals surface area contributed by atoms with Gasteiger partial charge in [0, 0.05) is 24.8 Å². The van der Waals surface area contributed by atoms with Crippen LogP contribution in [0.2, 0.25) is 0 Å². The second-order valence-corrected chi connectivity index (χ2v) is 6.85. The van der Waals surface area contributed by atoms with Gasteiger partial charge in [-0.05, 0) is 37.0 Å². The number of carbonyl (C=O) groups excluding carboxylic acids is 1. The first-order valence-corrected chi connectivity index (χ1v) is 9.19. The highest BCUT2D eigenvalue weighted by molar-refractivity contribution is 6.04. The number of ether oxygens (including phenoxy) is 2. The molecule has 1 aromatic carbocycles. The van der Waals surface area contributed by atoms with Gasteiger partial charge in [0.25, 0.3) is 5.91 Å². The number of amides is 1. The van der Waals surface area contributed by atoms with Crippen LogP contribution in [0, 0.1) is 0 Å². The lowest BCUT2D eigenvalue weighted by atomic mass is 10.1. The molecule has 3 rings (SSSR count). The van der Waals surface area contributed by atoms with E-state index in [2.05, 4.69) is 34.0 Å². The lowest BCUT2D eigenvalue weighted by molar-refractivity contribution is 0.102. The lowest BCUT2D eigenvalue weighted by Gasteiger charge is -2.18. The van der Waals surface area contributed by atoms with Gasteiger partial charge in [0.15, 0.2) is 0 Å². The summed E-state index contributed by atoms with van der Waals surface area (Å²) < 4.78 is 10.6. The molecule has 0 atom stereocenters. The van der Waals surface area contributed by atoms with Crippen molar-refractivity contribution in [1.82, 2.24) is 9.97 Å². The zero-order valence-corrected chi connectivity index (χ0v) is 16.3. The van der Waals surface area contributed by atoms with Crippen molar-refractivity contribution in [2.75, 3.05) is 37.5 Å². The van der Waals surface area contributed by atoms with Gasteiger partial charge < -0.3 is 19.7 Å². The predicted octanol–water partition coefficient (Wildman–Crippen LogP) is 3.47. The summed E-state index contributed by atoms with van der Waals surface area (Å²) in [6.45, 7) is 5.96. The number of aromatic nitrogens is 2. The highest BCUT2D eigenvalue weighted by atomic mass is 16.5. The maximum Gasteiger partial charge on any atom is 0.274 e. The molecule has 2 aromatic rings. The van der Waals surface area contributed by atoms with Gasteiger partial charge in [0.1, 0.15) is 17.2 Å². The summed E-state index contributed by atoms with van der Waals surface area (Å²) in [5.74, 6) is 1.72. The number of carbonyl (C=O) groups is 1. The van der Waals surface area contributed by atoms with Crippen LogP contribution < -0.4 is 19.7 Å². The number of hydrogen-bond acceptors (Lipinski definition) is 6. The fourth-order valence-corrected chi connectivity index (χ4v) is 3.02. The van der Waals surface area contributed by atoms with Gasteiger partial charge in [-0.15, -0.1) is 0 Å². The molecule has 0 bridgehead atoms. The predicted molar refractivity (Wildman–Crippen MR) is 105 cm³/mol. The number of hydrogen-bond donors (Lipinski definition) is 1. The summed E-state index contributed by atoms with van der Waals surface area (Å²) in [6, 6.07) is 7.01. The number of methoxy groups -OCH3 is 2. The van der Waals surface area contributed by atoms with Crippen LogP contribution in [0.1, 0.15) is 48.8 Å². The Morgan fingerprint density at radius 2 is 1.85 bits per heavy atom. The SMILES string of the molecule is COc1ccc(OC)c(NC(=O)c2cc(C(C)C)nc(N3CCCC3)n2)c1. The van der Waals surface area contributed by atoms with E-state index in [0.717, 1.165) is 31.6 Å². The van der Waals surface area contributed by atoms with Gasteiger partial charge in [0.05, 0.1) is 19.9 Å². The van der Waals surface area contributed by atoms with E-state index in [1.807, 2.05) is 0 Å². The lowest BCUT2D eigenvalue weighted by Crippen LogP contribution is -2.24. The fraction of sp³-hybridized carbons (Fsp3) is 0.450. The monoisotopic (exact) mass is 370 g/mol. The van der Waals surface area contributed by atoms with Crippen LogP contribution in [0.5, 0.6) is 11.5 Å². The van der Waals surface area contributed by atoms with Crippen molar-refractivity contribution in [2.24, 2.45) is 0 Å². The zero-order valence-electron chi connectivity index (χ0n) is 16.3. The van der Waals surface area contributed by atoms with Crippen LogP contribution in [-0.4, -0.2) is 43.2 Å². The van der Waals surface area contributed by atoms with Crippen LogP contribution in [0.3, 0.4) is 0 Å². The molecule has 1 N–H and O–H groups in total. The molecule has 2 heterocycles. The third-order valence-corrected chi connectivity index (χ3v) is 4.60. The fourth-order valence-electron chi connectivity index (χ4n) is 3.02. The van der Waals surface area contributed by atoms with Crippen molar-refractivity contribution in [3.63, 3.8) is 0 Å². The second-order valence-electron chi connectivity index (χ2n) is 6.85. The van der Waals surface area contributed by atoms with Crippen LogP contribution in [0.4, 0.5) is 11.6 Å². The summed E-state index contributed by atoms with van der Waals surface area (Å²) in [5, 5.41) is 2.88. The van der Waals surface area contributed by atoms with Crippen molar-refractivity contribution in [3.05, 3.63) is 35.7 Å². The molecule has 1 aliphatic heterocycles. The standard InChI is InChI=1S/C20H26N4O3/c1-13(2)15-12-17(23-20(22-15)24-9-5-6-10-24)19(25)21-16-11-14(26-3)7-8-18(16)27-4/h7-8,11-13H,5-6,9-10H2,1-4H3,(H,21,25). The van der Waals surface area contributed by atoms with Crippen molar-refractivity contribution in [1.29, 1.82) is 0 Å². The molecule has 0 aliphatic carbocycles. The molecule has 0 unspecified atom stereocenters. The summed E-state index contributed by atoms with van der Waals surface area (Å²) in [5.41, 5.74) is 1.74. The normalized spacial score (nSPS) is 13.7. The molecule has 1 amide bonds. The van der Waals surface area contributed by atoms with E-state index in [1.165, 1.54) is 0 Å². The van der Waals surface area contributed by atoms with Crippen molar-refractivity contribution < 1.29 is 14.3 Å². The quantitative estimate of drug-likeness (QED) is 0.839. The minimum absolute atomic E-state index is 0.201. The Balaban J connectivity index is 1.92. The molecule has 1 aromatic heterocycles. The van der Waals surface area contributed by atoms with E-state index in [0.29, 0.717) is 28.8 Å². The molecular formula is C20H26N4O3. The molecule has 7 nitrogen and oxygen atoms in total. The van der Waals surface area contributed by atoms with Gasteiger partial charge in [-0.3, -0.25) is 4.79 Å². The van der Waals surface area contributed by atoms with Gasteiger partial charge in [0.2, 0.25) is 5.95 Å². The largest absolute Gasteiger partial charge is 0.497 e. The van der Waals surface area contributed by atoms with Gasteiger partial charge in [-0.25, -0.2) is 9.97 Å². The zero-order chi connectivity index (χ0) is 19.4. The molecule has 1 fully saturated rings. The Bertz CT molecular complexity index is 817. The number of benzene rings is 1. The summed E-state index contributed by atoms with van der Waals surface area (Å²) in [7, 11) is 3.14. The highest BCUT2D eigenvalue weighted by Gasteiger charge is 2.20. The maximum absolute atomic E-state index is 12.9. The first kappa shape index (κ1) is 18.9. The molecule has 7 heteroatoms. The van der Waals surface area contributed by atoms with E-state index in [9.17, 15) is 4.79 Å². The van der Waals surface area contributed by atoms with E-state index in [-0.39, 0.29) is 11.8 Å². The van der Waals surface area contributed by atoms with Crippen molar-refractivity contribution >= 4 is 17.5 Å². The molecule has 27 heavy (non-hydrogen) atoms. The van der Waals surface area contributed by atoms with E-state index in [1.54, 1.807) is 38.5 Å². The summed E-state index contributed by atoms with van der Waals surface area (Å²) in [4.78, 5) is 24.2. The molecule has 1 aliphatic rings.